The lowest BCUT2D eigenvalue weighted by Crippen LogP contribution is -1.97. The van der Waals surface area contributed by atoms with Crippen molar-refractivity contribution in [3.05, 3.63) is 23.0 Å². The minimum atomic E-state index is 0.471. The predicted molar refractivity (Wildman–Crippen MR) is 49.8 cm³/mol. The summed E-state index contributed by atoms with van der Waals surface area (Å²) in [6.45, 7) is 3.97. The Bertz CT molecular complexity index is 286. The van der Waals surface area contributed by atoms with Gasteiger partial charge in [-0.15, -0.1) is 11.6 Å². The van der Waals surface area contributed by atoms with Crippen molar-refractivity contribution in [1.29, 1.82) is 0 Å². The average molecular weight is 186 g/mol. The predicted octanol–water partition coefficient (Wildman–Crippen LogP) is 2.45. The summed E-state index contributed by atoms with van der Waals surface area (Å²) in [5.41, 5.74) is 3.16. The maximum atomic E-state index is 5.78. The topological polar surface area (TPSA) is 22.1 Å². The number of methoxy groups -OCH3 is 1. The van der Waals surface area contributed by atoms with E-state index >= 15 is 0 Å². The number of pyridine rings is 1. The molecule has 0 spiro atoms. The molecular formula is C9H12ClNO. The van der Waals surface area contributed by atoms with Gasteiger partial charge in [-0.05, 0) is 19.4 Å². The van der Waals surface area contributed by atoms with Gasteiger partial charge in [0.25, 0.3) is 0 Å². The smallest absolute Gasteiger partial charge is 0.141 e. The van der Waals surface area contributed by atoms with E-state index in [1.165, 1.54) is 0 Å². The summed E-state index contributed by atoms with van der Waals surface area (Å²) in [6, 6.07) is 0. The van der Waals surface area contributed by atoms with Crippen LogP contribution in [0.5, 0.6) is 5.75 Å². The molecular weight excluding hydrogens is 174 g/mol. The van der Waals surface area contributed by atoms with E-state index in [1.54, 1.807) is 13.3 Å². The van der Waals surface area contributed by atoms with Crippen LogP contribution >= 0.6 is 11.6 Å². The SMILES string of the molecule is COc1cnc(C)c(C)c1CCl. The molecule has 66 valence electrons. The molecule has 0 aliphatic heterocycles. The summed E-state index contributed by atoms with van der Waals surface area (Å²) >= 11 is 5.78. The maximum Gasteiger partial charge on any atom is 0.141 e. The molecule has 1 heterocycles. The van der Waals surface area contributed by atoms with E-state index in [-0.39, 0.29) is 0 Å². The van der Waals surface area contributed by atoms with Crippen molar-refractivity contribution in [3.63, 3.8) is 0 Å². The first-order valence-electron chi connectivity index (χ1n) is 3.75. The number of hydrogen-bond donors (Lipinski definition) is 0. The van der Waals surface area contributed by atoms with Gasteiger partial charge in [-0.2, -0.15) is 0 Å². The van der Waals surface area contributed by atoms with Crippen molar-refractivity contribution in [1.82, 2.24) is 4.98 Å². The van der Waals surface area contributed by atoms with Crippen LogP contribution in [0.25, 0.3) is 0 Å². The van der Waals surface area contributed by atoms with Gasteiger partial charge in [-0.25, -0.2) is 0 Å². The summed E-state index contributed by atoms with van der Waals surface area (Å²) in [5, 5.41) is 0. The third-order valence-corrected chi connectivity index (χ3v) is 2.29. The first kappa shape index (κ1) is 9.33. The van der Waals surface area contributed by atoms with E-state index in [0.717, 1.165) is 22.6 Å². The fourth-order valence-corrected chi connectivity index (χ4v) is 1.41. The van der Waals surface area contributed by atoms with Gasteiger partial charge < -0.3 is 4.74 Å². The molecule has 0 saturated heterocycles. The Kier molecular flexibility index (Phi) is 2.93. The average Bonchev–Trinajstić information content (AvgIpc) is 2.09. The first-order valence-corrected chi connectivity index (χ1v) is 4.29. The lowest BCUT2D eigenvalue weighted by Gasteiger charge is -2.09. The fourth-order valence-electron chi connectivity index (χ4n) is 1.08. The minimum absolute atomic E-state index is 0.471. The van der Waals surface area contributed by atoms with Crippen molar-refractivity contribution < 1.29 is 4.74 Å². The van der Waals surface area contributed by atoms with Crippen LogP contribution in [-0.2, 0) is 5.88 Å². The number of rotatable bonds is 2. The number of nitrogens with zero attached hydrogens (tertiary/aromatic N) is 1. The summed E-state index contributed by atoms with van der Waals surface area (Å²) in [5.74, 6) is 1.24. The second-order valence-electron chi connectivity index (χ2n) is 2.65. The molecule has 0 bridgehead atoms. The quantitative estimate of drug-likeness (QED) is 0.661. The Morgan fingerprint density at radius 2 is 2.17 bits per heavy atom. The van der Waals surface area contributed by atoms with E-state index in [2.05, 4.69) is 4.98 Å². The van der Waals surface area contributed by atoms with Crippen molar-refractivity contribution in [2.45, 2.75) is 19.7 Å². The lowest BCUT2D eigenvalue weighted by atomic mass is 10.1. The molecule has 0 saturated carbocycles. The normalized spacial score (nSPS) is 10.0. The number of aryl methyl sites for hydroxylation is 1. The molecule has 0 aromatic carbocycles. The zero-order valence-electron chi connectivity index (χ0n) is 7.52. The Morgan fingerprint density at radius 3 is 2.67 bits per heavy atom. The van der Waals surface area contributed by atoms with Crippen LogP contribution in [0.2, 0.25) is 0 Å². The molecule has 0 aliphatic rings. The molecule has 1 rings (SSSR count). The summed E-state index contributed by atoms with van der Waals surface area (Å²) in [4.78, 5) is 4.17. The molecule has 0 aliphatic carbocycles. The molecule has 0 radical (unpaired) electrons. The summed E-state index contributed by atoms with van der Waals surface area (Å²) in [6.07, 6.45) is 1.71. The van der Waals surface area contributed by atoms with Gasteiger partial charge in [-0.3, -0.25) is 4.98 Å². The monoisotopic (exact) mass is 185 g/mol. The first-order chi connectivity index (χ1) is 5.70. The fraction of sp³-hybridized carbons (Fsp3) is 0.444. The van der Waals surface area contributed by atoms with Gasteiger partial charge in [0, 0.05) is 11.3 Å². The number of aromatic nitrogens is 1. The Labute approximate surface area is 77.5 Å². The number of ether oxygens (including phenoxy) is 1. The maximum absolute atomic E-state index is 5.78. The van der Waals surface area contributed by atoms with Crippen molar-refractivity contribution in [3.8, 4) is 5.75 Å². The molecule has 3 heteroatoms. The van der Waals surface area contributed by atoms with Gasteiger partial charge >= 0.3 is 0 Å². The third-order valence-electron chi connectivity index (χ3n) is 2.02. The molecule has 0 N–H and O–H groups in total. The van der Waals surface area contributed by atoms with Crippen LogP contribution in [-0.4, -0.2) is 12.1 Å². The van der Waals surface area contributed by atoms with Gasteiger partial charge in [0.2, 0.25) is 0 Å². The highest BCUT2D eigenvalue weighted by Gasteiger charge is 2.07. The van der Waals surface area contributed by atoms with Crippen LogP contribution in [0.1, 0.15) is 16.8 Å². The largest absolute Gasteiger partial charge is 0.495 e. The van der Waals surface area contributed by atoms with Gasteiger partial charge in [0.15, 0.2) is 0 Å². The lowest BCUT2D eigenvalue weighted by molar-refractivity contribution is 0.408. The highest BCUT2D eigenvalue weighted by Crippen LogP contribution is 2.23. The van der Waals surface area contributed by atoms with E-state index in [1.807, 2.05) is 13.8 Å². The molecule has 0 atom stereocenters. The number of hydrogen-bond acceptors (Lipinski definition) is 2. The Hall–Kier alpha value is -0.760. The van der Waals surface area contributed by atoms with Gasteiger partial charge in [0.05, 0.1) is 19.2 Å². The van der Waals surface area contributed by atoms with Crippen molar-refractivity contribution in [2.24, 2.45) is 0 Å². The standard InChI is InChI=1S/C9H12ClNO/c1-6-7(2)11-5-9(12-3)8(6)4-10/h5H,4H2,1-3H3. The zero-order valence-corrected chi connectivity index (χ0v) is 8.27. The Balaban J connectivity index is 3.25. The van der Waals surface area contributed by atoms with E-state index in [9.17, 15) is 0 Å². The van der Waals surface area contributed by atoms with E-state index in [0.29, 0.717) is 5.88 Å². The van der Waals surface area contributed by atoms with E-state index in [4.69, 9.17) is 16.3 Å². The molecule has 12 heavy (non-hydrogen) atoms. The third kappa shape index (κ3) is 1.53. The second kappa shape index (κ2) is 3.76. The number of alkyl halides is 1. The van der Waals surface area contributed by atoms with Crippen LogP contribution in [0, 0.1) is 13.8 Å². The molecule has 0 amide bonds. The summed E-state index contributed by atoms with van der Waals surface area (Å²) in [7, 11) is 1.63. The van der Waals surface area contributed by atoms with Crippen LogP contribution < -0.4 is 4.74 Å². The number of halogens is 1. The summed E-state index contributed by atoms with van der Waals surface area (Å²) < 4.78 is 5.13. The van der Waals surface area contributed by atoms with Gasteiger partial charge in [-0.1, -0.05) is 0 Å². The van der Waals surface area contributed by atoms with Crippen LogP contribution in [0.4, 0.5) is 0 Å². The van der Waals surface area contributed by atoms with Crippen LogP contribution in [0.3, 0.4) is 0 Å². The van der Waals surface area contributed by atoms with Crippen molar-refractivity contribution in [2.75, 3.05) is 7.11 Å². The van der Waals surface area contributed by atoms with Crippen molar-refractivity contribution >= 4 is 11.6 Å². The van der Waals surface area contributed by atoms with E-state index < -0.39 is 0 Å². The molecule has 1 aromatic heterocycles. The zero-order chi connectivity index (χ0) is 9.14. The second-order valence-corrected chi connectivity index (χ2v) is 2.92. The van der Waals surface area contributed by atoms with Crippen LogP contribution in [0.15, 0.2) is 6.20 Å². The van der Waals surface area contributed by atoms with Gasteiger partial charge in [0.1, 0.15) is 5.75 Å². The molecule has 0 unspecified atom stereocenters. The molecule has 1 aromatic rings. The highest BCUT2D eigenvalue weighted by molar-refractivity contribution is 6.17. The molecule has 2 nitrogen and oxygen atoms in total. The minimum Gasteiger partial charge on any atom is -0.495 e. The molecule has 0 fully saturated rings. The Morgan fingerprint density at radius 1 is 1.50 bits per heavy atom. The highest BCUT2D eigenvalue weighted by atomic mass is 35.5.